The number of amides is 3. The molecule has 2 aliphatic heterocycles. The number of ether oxygens (including phenoxy) is 1. The number of benzene rings is 2. The van der Waals surface area contributed by atoms with Crippen LogP contribution in [-0.4, -0.2) is 54.5 Å². The number of nitrogens with one attached hydrogen (secondary N) is 1. The Morgan fingerprint density at radius 1 is 1.03 bits per heavy atom. The van der Waals surface area contributed by atoms with Crippen LogP contribution in [0.5, 0.6) is 0 Å². The number of urea groups is 1. The van der Waals surface area contributed by atoms with Crippen molar-refractivity contribution in [3.8, 4) is 0 Å². The van der Waals surface area contributed by atoms with Crippen LogP contribution in [0.15, 0.2) is 48.5 Å². The standard InChI is InChI=1S/C24H28FN3O3/c1-17-9-11-27(12-10-17)23(29)18-5-7-21(8-6-18)26-24(30)28-13-14-31-22(16-28)19-3-2-4-20(25)15-19/h2-8,15,17,22H,9-14,16H2,1H3,(H,26,30). The highest BCUT2D eigenvalue weighted by molar-refractivity contribution is 5.95. The second kappa shape index (κ2) is 9.47. The van der Waals surface area contributed by atoms with Crippen LogP contribution in [-0.2, 0) is 4.74 Å². The van der Waals surface area contributed by atoms with Crippen molar-refractivity contribution < 1.29 is 18.7 Å². The van der Waals surface area contributed by atoms with Gasteiger partial charge >= 0.3 is 6.03 Å². The van der Waals surface area contributed by atoms with Crippen LogP contribution in [0, 0.1) is 11.7 Å². The van der Waals surface area contributed by atoms with Gasteiger partial charge in [0, 0.05) is 30.9 Å². The molecular weight excluding hydrogens is 397 g/mol. The lowest BCUT2D eigenvalue weighted by atomic mass is 9.98. The molecule has 6 nitrogen and oxygen atoms in total. The number of hydrogen-bond acceptors (Lipinski definition) is 3. The second-order valence-electron chi connectivity index (χ2n) is 8.34. The average Bonchev–Trinajstić information content (AvgIpc) is 2.80. The quantitative estimate of drug-likeness (QED) is 0.798. The highest BCUT2D eigenvalue weighted by Gasteiger charge is 2.26. The highest BCUT2D eigenvalue weighted by atomic mass is 19.1. The van der Waals surface area contributed by atoms with Gasteiger partial charge < -0.3 is 19.9 Å². The molecular formula is C24H28FN3O3. The van der Waals surface area contributed by atoms with Crippen LogP contribution in [0.2, 0.25) is 0 Å². The fourth-order valence-electron chi connectivity index (χ4n) is 4.04. The van der Waals surface area contributed by atoms with Gasteiger partial charge in [0.25, 0.3) is 5.91 Å². The van der Waals surface area contributed by atoms with Crippen molar-refractivity contribution in [1.82, 2.24) is 9.80 Å². The molecule has 0 aromatic heterocycles. The van der Waals surface area contributed by atoms with Gasteiger partial charge in [-0.25, -0.2) is 9.18 Å². The summed E-state index contributed by atoms with van der Waals surface area (Å²) in [5, 5.41) is 2.88. The summed E-state index contributed by atoms with van der Waals surface area (Å²) in [6.07, 6.45) is 1.72. The Kier molecular flexibility index (Phi) is 6.51. The molecule has 1 N–H and O–H groups in total. The van der Waals surface area contributed by atoms with E-state index in [1.807, 2.05) is 4.90 Å². The Morgan fingerprint density at radius 2 is 1.77 bits per heavy atom. The lowest BCUT2D eigenvalue weighted by Crippen LogP contribution is -2.44. The molecule has 2 fully saturated rings. The number of carbonyl (C=O) groups excluding carboxylic acids is 2. The summed E-state index contributed by atoms with van der Waals surface area (Å²) in [5.74, 6) is 0.384. The van der Waals surface area contributed by atoms with Gasteiger partial charge in [-0.15, -0.1) is 0 Å². The number of piperidine rings is 1. The van der Waals surface area contributed by atoms with Crippen LogP contribution >= 0.6 is 0 Å². The minimum atomic E-state index is -0.359. The predicted molar refractivity (Wildman–Crippen MR) is 116 cm³/mol. The molecule has 164 valence electrons. The summed E-state index contributed by atoms with van der Waals surface area (Å²) in [5.41, 5.74) is 1.97. The molecule has 2 aliphatic rings. The van der Waals surface area contributed by atoms with Crippen molar-refractivity contribution in [2.75, 3.05) is 38.1 Å². The first-order chi connectivity index (χ1) is 15.0. The molecule has 0 radical (unpaired) electrons. The summed E-state index contributed by atoms with van der Waals surface area (Å²) < 4.78 is 19.2. The van der Waals surface area contributed by atoms with Crippen molar-refractivity contribution >= 4 is 17.6 Å². The first kappa shape index (κ1) is 21.3. The maximum absolute atomic E-state index is 13.5. The highest BCUT2D eigenvalue weighted by Crippen LogP contribution is 2.24. The molecule has 0 spiro atoms. The third-order valence-electron chi connectivity index (χ3n) is 6.03. The van der Waals surface area contributed by atoms with Gasteiger partial charge in [0.2, 0.25) is 0 Å². The molecule has 7 heteroatoms. The van der Waals surface area contributed by atoms with Gasteiger partial charge in [0.1, 0.15) is 11.9 Å². The van der Waals surface area contributed by atoms with E-state index in [1.165, 1.54) is 12.1 Å². The smallest absolute Gasteiger partial charge is 0.322 e. The van der Waals surface area contributed by atoms with E-state index in [4.69, 9.17) is 4.74 Å². The topological polar surface area (TPSA) is 61.9 Å². The largest absolute Gasteiger partial charge is 0.370 e. The Bertz CT molecular complexity index is 926. The lowest BCUT2D eigenvalue weighted by Gasteiger charge is -2.33. The monoisotopic (exact) mass is 425 g/mol. The van der Waals surface area contributed by atoms with Crippen LogP contribution in [0.25, 0.3) is 0 Å². The third-order valence-corrected chi connectivity index (χ3v) is 6.03. The first-order valence-corrected chi connectivity index (χ1v) is 10.8. The molecule has 1 atom stereocenters. The number of nitrogens with zero attached hydrogens (tertiary/aromatic N) is 2. The van der Waals surface area contributed by atoms with E-state index < -0.39 is 0 Å². The van der Waals surface area contributed by atoms with Gasteiger partial charge in [-0.1, -0.05) is 19.1 Å². The zero-order valence-corrected chi connectivity index (χ0v) is 17.7. The maximum atomic E-state index is 13.5. The Labute approximate surface area is 182 Å². The predicted octanol–water partition coefficient (Wildman–Crippen LogP) is 4.30. The second-order valence-corrected chi connectivity index (χ2v) is 8.34. The fraction of sp³-hybridized carbons (Fsp3) is 0.417. The van der Waals surface area contributed by atoms with Crippen LogP contribution < -0.4 is 5.32 Å². The van der Waals surface area contributed by atoms with Crippen LogP contribution in [0.1, 0.15) is 41.8 Å². The van der Waals surface area contributed by atoms with Gasteiger partial charge in [-0.2, -0.15) is 0 Å². The van der Waals surface area contributed by atoms with E-state index in [9.17, 15) is 14.0 Å². The summed E-state index contributed by atoms with van der Waals surface area (Å²) >= 11 is 0. The van der Waals surface area contributed by atoms with E-state index >= 15 is 0 Å². The molecule has 2 saturated heterocycles. The number of hydrogen-bond donors (Lipinski definition) is 1. The van der Waals surface area contributed by atoms with Crippen molar-refractivity contribution in [2.24, 2.45) is 5.92 Å². The maximum Gasteiger partial charge on any atom is 0.322 e. The molecule has 2 aromatic rings. The Balaban J connectivity index is 1.34. The van der Waals surface area contributed by atoms with E-state index in [2.05, 4.69) is 12.2 Å². The van der Waals surface area contributed by atoms with Crippen molar-refractivity contribution in [3.63, 3.8) is 0 Å². The molecule has 4 rings (SSSR count). The van der Waals surface area contributed by atoms with Gasteiger partial charge in [0.15, 0.2) is 0 Å². The Hall–Kier alpha value is -2.93. The number of anilines is 1. The summed E-state index contributed by atoms with van der Waals surface area (Å²) in [4.78, 5) is 28.9. The first-order valence-electron chi connectivity index (χ1n) is 10.8. The fourth-order valence-corrected chi connectivity index (χ4v) is 4.04. The van der Waals surface area contributed by atoms with E-state index in [1.54, 1.807) is 41.3 Å². The average molecular weight is 426 g/mol. The number of likely N-dealkylation sites (tertiary alicyclic amines) is 1. The van der Waals surface area contributed by atoms with Crippen molar-refractivity contribution in [3.05, 3.63) is 65.5 Å². The zero-order chi connectivity index (χ0) is 21.8. The number of halogens is 1. The molecule has 2 heterocycles. The number of morpholine rings is 1. The van der Waals surface area contributed by atoms with E-state index in [-0.39, 0.29) is 23.9 Å². The normalized spacial score (nSPS) is 19.9. The number of rotatable bonds is 3. The van der Waals surface area contributed by atoms with Gasteiger partial charge in [-0.05, 0) is 60.7 Å². The Morgan fingerprint density at radius 3 is 2.48 bits per heavy atom. The summed E-state index contributed by atoms with van der Waals surface area (Å²) in [6.45, 7) is 5.00. The van der Waals surface area contributed by atoms with Gasteiger partial charge in [-0.3, -0.25) is 4.79 Å². The minimum absolute atomic E-state index is 0.0379. The van der Waals surface area contributed by atoms with Crippen LogP contribution in [0.3, 0.4) is 0 Å². The summed E-state index contributed by atoms with van der Waals surface area (Å²) in [6, 6.07) is 13.0. The molecule has 1 unspecified atom stereocenters. The molecule has 31 heavy (non-hydrogen) atoms. The molecule has 2 aromatic carbocycles. The van der Waals surface area contributed by atoms with E-state index in [0.717, 1.165) is 25.9 Å². The minimum Gasteiger partial charge on any atom is -0.370 e. The molecule has 0 aliphatic carbocycles. The third kappa shape index (κ3) is 5.22. The molecule has 3 amide bonds. The van der Waals surface area contributed by atoms with E-state index in [0.29, 0.717) is 42.4 Å². The van der Waals surface area contributed by atoms with Gasteiger partial charge in [0.05, 0.1) is 13.2 Å². The molecule has 0 saturated carbocycles. The van der Waals surface area contributed by atoms with Crippen molar-refractivity contribution in [2.45, 2.75) is 25.9 Å². The molecule has 0 bridgehead atoms. The number of carbonyl (C=O) groups is 2. The lowest BCUT2D eigenvalue weighted by molar-refractivity contribution is -0.0136. The summed E-state index contributed by atoms with van der Waals surface area (Å²) in [7, 11) is 0. The zero-order valence-electron chi connectivity index (χ0n) is 17.7. The SMILES string of the molecule is CC1CCN(C(=O)c2ccc(NC(=O)N3CCOC(c4cccc(F)c4)C3)cc2)CC1. The van der Waals surface area contributed by atoms with Crippen molar-refractivity contribution in [1.29, 1.82) is 0 Å². The van der Waals surface area contributed by atoms with Crippen LogP contribution in [0.4, 0.5) is 14.9 Å².